The monoisotopic (exact) mass is 275 g/mol. The van der Waals surface area contributed by atoms with Crippen molar-refractivity contribution in [1.29, 1.82) is 0 Å². The van der Waals surface area contributed by atoms with Crippen LogP contribution in [-0.2, 0) is 9.59 Å². The summed E-state index contributed by atoms with van der Waals surface area (Å²) in [6, 6.07) is 0.916. The largest absolute Gasteiger partial charge is 0.479 e. The predicted molar refractivity (Wildman–Crippen MR) is 65.7 cm³/mol. The molecule has 2 aliphatic rings. The Morgan fingerprint density at radius 3 is 1.95 bits per heavy atom. The van der Waals surface area contributed by atoms with Gasteiger partial charge in [-0.2, -0.15) is 0 Å². The van der Waals surface area contributed by atoms with Crippen LogP contribution in [0.2, 0.25) is 0 Å². The highest BCUT2D eigenvalue weighted by Gasteiger charge is 2.29. The number of fused-ring (bicyclic) bond motifs is 1. The minimum Gasteiger partial charge on any atom is -0.479 e. The summed E-state index contributed by atoms with van der Waals surface area (Å²) in [5.41, 5.74) is 0. The molecule has 0 radical (unpaired) electrons. The van der Waals surface area contributed by atoms with Crippen molar-refractivity contribution in [3.05, 3.63) is 0 Å². The van der Waals surface area contributed by atoms with Crippen molar-refractivity contribution in [3.63, 3.8) is 0 Å². The highest BCUT2D eigenvalue weighted by Crippen LogP contribution is 2.29. The molecule has 7 nitrogen and oxygen atoms in total. The van der Waals surface area contributed by atoms with E-state index in [0.717, 1.165) is 12.0 Å². The van der Waals surface area contributed by atoms with E-state index < -0.39 is 24.1 Å². The third kappa shape index (κ3) is 4.77. The van der Waals surface area contributed by atoms with Gasteiger partial charge >= 0.3 is 11.9 Å². The van der Waals surface area contributed by atoms with E-state index in [0.29, 0.717) is 0 Å². The molecule has 4 atom stereocenters. The Labute approximate surface area is 111 Å². The molecule has 0 bridgehead atoms. The number of hydrogen-bond acceptors (Lipinski definition) is 5. The van der Waals surface area contributed by atoms with Gasteiger partial charge in [0.15, 0.2) is 12.2 Å². The second-order valence-corrected chi connectivity index (χ2v) is 4.96. The zero-order chi connectivity index (χ0) is 14.4. The average Bonchev–Trinajstić information content (AvgIpc) is 2.85. The third-order valence-corrected chi connectivity index (χ3v) is 3.64. The van der Waals surface area contributed by atoms with Gasteiger partial charge in [0.1, 0.15) is 0 Å². The van der Waals surface area contributed by atoms with Gasteiger partial charge in [-0.1, -0.05) is 12.8 Å². The maximum atomic E-state index is 9.77. The Kier molecular flexibility index (Phi) is 6.20. The minimum absolute atomic E-state index is 0.916. The van der Waals surface area contributed by atoms with Gasteiger partial charge in [0.25, 0.3) is 0 Å². The van der Waals surface area contributed by atoms with Crippen LogP contribution in [0.1, 0.15) is 32.1 Å². The molecule has 0 aromatic carbocycles. The molecule has 1 aliphatic heterocycles. The maximum Gasteiger partial charge on any atom is 0.335 e. The van der Waals surface area contributed by atoms with Crippen molar-refractivity contribution >= 4 is 11.9 Å². The second kappa shape index (κ2) is 7.42. The van der Waals surface area contributed by atoms with Crippen LogP contribution < -0.4 is 5.32 Å². The van der Waals surface area contributed by atoms with Gasteiger partial charge < -0.3 is 25.7 Å². The summed E-state index contributed by atoms with van der Waals surface area (Å²) in [6.45, 7) is 1.29. The number of nitrogens with one attached hydrogen (secondary N) is 1. The summed E-state index contributed by atoms with van der Waals surface area (Å²) in [5.74, 6) is -2.48. The molecule has 1 saturated carbocycles. The van der Waals surface area contributed by atoms with Crippen LogP contribution in [0.4, 0.5) is 0 Å². The van der Waals surface area contributed by atoms with Gasteiger partial charge in [0, 0.05) is 6.04 Å². The summed E-state index contributed by atoms with van der Waals surface area (Å²) < 4.78 is 0. The highest BCUT2D eigenvalue weighted by molar-refractivity contribution is 5.83. The Morgan fingerprint density at radius 2 is 1.47 bits per heavy atom. The number of aliphatic hydroxyl groups excluding tert-OH is 2. The van der Waals surface area contributed by atoms with Crippen LogP contribution in [0.3, 0.4) is 0 Å². The van der Waals surface area contributed by atoms with Gasteiger partial charge in [-0.05, 0) is 31.7 Å². The molecule has 5 N–H and O–H groups in total. The standard InChI is InChI=1S/C8H15N.C4H6O6/c1-2-4-8-7(3-1)5-6-9-8;5-1(3(7)8)2(6)4(9)10/h7-9H,1-6H2;1-2,5-6H,(H,7,8)(H,9,10). The van der Waals surface area contributed by atoms with Gasteiger partial charge in [-0.15, -0.1) is 0 Å². The van der Waals surface area contributed by atoms with E-state index in [9.17, 15) is 9.59 Å². The molecule has 2 fully saturated rings. The average molecular weight is 275 g/mol. The first-order valence-corrected chi connectivity index (χ1v) is 6.48. The fraction of sp³-hybridized carbons (Fsp3) is 0.833. The molecule has 1 heterocycles. The Morgan fingerprint density at radius 1 is 0.947 bits per heavy atom. The quantitative estimate of drug-likeness (QED) is 0.466. The molecular weight excluding hydrogens is 254 g/mol. The molecule has 2 rings (SSSR count). The van der Waals surface area contributed by atoms with Crippen molar-refractivity contribution in [1.82, 2.24) is 5.32 Å². The van der Waals surface area contributed by atoms with E-state index in [1.54, 1.807) is 0 Å². The van der Waals surface area contributed by atoms with Gasteiger partial charge in [0.05, 0.1) is 0 Å². The topological polar surface area (TPSA) is 127 Å². The molecule has 4 unspecified atom stereocenters. The lowest BCUT2D eigenvalue weighted by Crippen LogP contribution is -2.39. The summed E-state index contributed by atoms with van der Waals surface area (Å²) in [6.07, 6.45) is 2.82. The molecule has 7 heteroatoms. The van der Waals surface area contributed by atoms with E-state index >= 15 is 0 Å². The fourth-order valence-electron chi connectivity index (χ4n) is 2.55. The number of carboxylic acids is 2. The second-order valence-electron chi connectivity index (χ2n) is 4.96. The summed E-state index contributed by atoms with van der Waals surface area (Å²) >= 11 is 0. The zero-order valence-corrected chi connectivity index (χ0v) is 10.7. The van der Waals surface area contributed by atoms with Gasteiger partial charge in [0.2, 0.25) is 0 Å². The molecule has 1 saturated heterocycles. The molecule has 0 spiro atoms. The van der Waals surface area contributed by atoms with Gasteiger partial charge in [-0.3, -0.25) is 0 Å². The van der Waals surface area contributed by atoms with Gasteiger partial charge in [-0.25, -0.2) is 9.59 Å². The van der Waals surface area contributed by atoms with Crippen molar-refractivity contribution in [2.24, 2.45) is 5.92 Å². The number of aliphatic hydroxyl groups is 2. The zero-order valence-electron chi connectivity index (χ0n) is 10.7. The molecule has 1 aliphatic carbocycles. The number of aliphatic carboxylic acids is 2. The lowest BCUT2D eigenvalue weighted by molar-refractivity contribution is -0.165. The molecular formula is C12H21NO6. The third-order valence-electron chi connectivity index (χ3n) is 3.64. The fourth-order valence-corrected chi connectivity index (χ4v) is 2.55. The first kappa shape index (κ1) is 15.9. The molecule has 0 aromatic rings. The maximum absolute atomic E-state index is 9.77. The van der Waals surface area contributed by atoms with Crippen molar-refractivity contribution in [3.8, 4) is 0 Å². The number of rotatable bonds is 3. The lowest BCUT2D eigenvalue weighted by Gasteiger charge is -2.24. The summed E-state index contributed by atoms with van der Waals surface area (Å²) in [4.78, 5) is 19.5. The van der Waals surface area contributed by atoms with E-state index in [4.69, 9.17) is 20.4 Å². The highest BCUT2D eigenvalue weighted by atomic mass is 16.4. The number of hydrogen-bond donors (Lipinski definition) is 5. The molecule has 0 amide bonds. The SMILES string of the molecule is C1CCC2NCCC2C1.O=C(O)C(O)C(O)C(=O)O. The van der Waals surface area contributed by atoms with E-state index in [1.165, 1.54) is 38.6 Å². The lowest BCUT2D eigenvalue weighted by atomic mass is 9.86. The number of carboxylic acid groups (broad SMARTS) is 2. The van der Waals surface area contributed by atoms with Crippen molar-refractivity contribution in [2.45, 2.75) is 50.4 Å². The molecule has 19 heavy (non-hydrogen) atoms. The van der Waals surface area contributed by atoms with E-state index in [-0.39, 0.29) is 0 Å². The van der Waals surface area contributed by atoms with E-state index in [2.05, 4.69) is 5.32 Å². The first-order chi connectivity index (χ1) is 8.93. The van der Waals surface area contributed by atoms with Crippen molar-refractivity contribution in [2.75, 3.05) is 6.54 Å². The van der Waals surface area contributed by atoms with Crippen LogP contribution in [-0.4, -0.2) is 57.2 Å². The van der Waals surface area contributed by atoms with Crippen LogP contribution >= 0.6 is 0 Å². The molecule has 0 aromatic heterocycles. The Bertz CT molecular complexity index is 291. The normalized spacial score (nSPS) is 28.5. The Hall–Kier alpha value is -1.18. The van der Waals surface area contributed by atoms with Crippen LogP contribution in [0.5, 0.6) is 0 Å². The van der Waals surface area contributed by atoms with Crippen LogP contribution in [0.25, 0.3) is 0 Å². The Balaban J connectivity index is 0.000000190. The van der Waals surface area contributed by atoms with Crippen molar-refractivity contribution < 1.29 is 30.0 Å². The smallest absolute Gasteiger partial charge is 0.335 e. The van der Waals surface area contributed by atoms with E-state index in [1.807, 2.05) is 0 Å². The van der Waals surface area contributed by atoms with Crippen LogP contribution in [0, 0.1) is 5.92 Å². The number of carbonyl (C=O) groups is 2. The molecule has 110 valence electrons. The first-order valence-electron chi connectivity index (χ1n) is 6.48. The summed E-state index contributed by atoms with van der Waals surface area (Å²) in [5, 5.41) is 36.1. The van der Waals surface area contributed by atoms with Crippen LogP contribution in [0.15, 0.2) is 0 Å². The predicted octanol–water partition coefficient (Wildman–Crippen LogP) is -0.584. The minimum atomic E-state index is -2.27. The summed E-state index contributed by atoms with van der Waals surface area (Å²) in [7, 11) is 0.